The first kappa shape index (κ1) is 14.6. The summed E-state index contributed by atoms with van der Waals surface area (Å²) in [7, 11) is 0. The second-order valence-corrected chi connectivity index (χ2v) is 5.40. The van der Waals surface area contributed by atoms with Crippen molar-refractivity contribution in [1.82, 2.24) is 0 Å². The minimum atomic E-state index is -0.902. The molecule has 0 radical (unpaired) electrons. The van der Waals surface area contributed by atoms with E-state index in [9.17, 15) is 9.50 Å². The molecule has 1 atom stereocenters. The molecular weight excluding hydrogens is 310 g/mol. The van der Waals surface area contributed by atoms with Crippen LogP contribution in [0.2, 0.25) is 15.1 Å². The standard InChI is InChI=1S/C14H10Cl3FO/c15-9-3-4-11(12(17)6-9)14(19)5-8-1-2-10(16)7-13(8)18/h1-4,6-7,14,19H,5H2. The fourth-order valence-corrected chi connectivity index (χ4v) is 2.47. The van der Waals surface area contributed by atoms with Crippen LogP contribution in [-0.2, 0) is 6.42 Å². The topological polar surface area (TPSA) is 20.2 Å². The third-order valence-electron chi connectivity index (χ3n) is 2.75. The lowest BCUT2D eigenvalue weighted by atomic mass is 10.0. The van der Waals surface area contributed by atoms with Gasteiger partial charge in [-0.3, -0.25) is 0 Å². The van der Waals surface area contributed by atoms with E-state index in [0.717, 1.165) is 0 Å². The van der Waals surface area contributed by atoms with Crippen molar-refractivity contribution in [2.24, 2.45) is 0 Å². The molecule has 2 aromatic carbocycles. The molecule has 0 aromatic heterocycles. The summed E-state index contributed by atoms with van der Waals surface area (Å²) in [6.45, 7) is 0. The van der Waals surface area contributed by atoms with Crippen LogP contribution < -0.4 is 0 Å². The molecule has 0 aliphatic carbocycles. The molecule has 0 saturated carbocycles. The van der Waals surface area contributed by atoms with Gasteiger partial charge in [0, 0.05) is 21.5 Å². The Morgan fingerprint density at radius 2 is 1.63 bits per heavy atom. The number of halogens is 4. The van der Waals surface area contributed by atoms with E-state index in [1.807, 2.05) is 0 Å². The van der Waals surface area contributed by atoms with Gasteiger partial charge >= 0.3 is 0 Å². The van der Waals surface area contributed by atoms with E-state index in [0.29, 0.717) is 26.2 Å². The van der Waals surface area contributed by atoms with Gasteiger partial charge in [-0.15, -0.1) is 0 Å². The van der Waals surface area contributed by atoms with Gasteiger partial charge in [0.2, 0.25) is 0 Å². The third kappa shape index (κ3) is 3.61. The summed E-state index contributed by atoms with van der Waals surface area (Å²) in [6, 6.07) is 9.14. The number of rotatable bonds is 3. The Morgan fingerprint density at radius 1 is 1.00 bits per heavy atom. The van der Waals surface area contributed by atoms with Crippen LogP contribution in [0.5, 0.6) is 0 Å². The molecule has 0 aliphatic rings. The highest BCUT2D eigenvalue weighted by molar-refractivity contribution is 6.35. The Kier molecular flexibility index (Phi) is 4.69. The van der Waals surface area contributed by atoms with Crippen LogP contribution >= 0.6 is 34.8 Å². The molecule has 0 aliphatic heterocycles. The van der Waals surface area contributed by atoms with Gasteiger partial charge in [-0.05, 0) is 35.4 Å². The van der Waals surface area contributed by atoms with Crippen molar-refractivity contribution in [1.29, 1.82) is 0 Å². The fourth-order valence-electron chi connectivity index (χ4n) is 1.78. The number of aliphatic hydroxyl groups is 1. The molecule has 0 fully saturated rings. The van der Waals surface area contributed by atoms with E-state index in [4.69, 9.17) is 34.8 Å². The molecule has 100 valence electrons. The maximum Gasteiger partial charge on any atom is 0.127 e. The maximum absolute atomic E-state index is 13.6. The summed E-state index contributed by atoms with van der Waals surface area (Å²) < 4.78 is 13.6. The van der Waals surface area contributed by atoms with Crippen molar-refractivity contribution < 1.29 is 9.50 Å². The van der Waals surface area contributed by atoms with Crippen LogP contribution in [0.15, 0.2) is 36.4 Å². The van der Waals surface area contributed by atoms with Gasteiger partial charge in [0.15, 0.2) is 0 Å². The lowest BCUT2D eigenvalue weighted by molar-refractivity contribution is 0.177. The van der Waals surface area contributed by atoms with Gasteiger partial charge in [-0.2, -0.15) is 0 Å². The van der Waals surface area contributed by atoms with Crippen LogP contribution in [0, 0.1) is 5.82 Å². The summed E-state index contributed by atoms with van der Waals surface area (Å²) >= 11 is 17.5. The second-order valence-electron chi connectivity index (χ2n) is 4.12. The van der Waals surface area contributed by atoms with Crippen molar-refractivity contribution in [2.75, 3.05) is 0 Å². The molecule has 2 aromatic rings. The minimum Gasteiger partial charge on any atom is -0.388 e. The molecule has 1 unspecified atom stereocenters. The Balaban J connectivity index is 2.23. The summed E-state index contributed by atoms with van der Waals surface area (Å²) in [5, 5.41) is 11.3. The molecule has 1 nitrogen and oxygen atoms in total. The number of aliphatic hydroxyl groups excluding tert-OH is 1. The summed E-state index contributed by atoms with van der Waals surface area (Å²) in [5.41, 5.74) is 0.892. The van der Waals surface area contributed by atoms with Gasteiger partial charge in [0.1, 0.15) is 5.82 Å². The van der Waals surface area contributed by atoms with Crippen molar-refractivity contribution >= 4 is 34.8 Å². The van der Waals surface area contributed by atoms with Gasteiger partial charge < -0.3 is 5.11 Å². The van der Waals surface area contributed by atoms with Gasteiger partial charge in [-0.25, -0.2) is 4.39 Å². The van der Waals surface area contributed by atoms with E-state index >= 15 is 0 Å². The monoisotopic (exact) mass is 318 g/mol. The van der Waals surface area contributed by atoms with E-state index in [1.54, 1.807) is 30.3 Å². The first-order chi connectivity index (χ1) is 8.97. The number of benzene rings is 2. The third-order valence-corrected chi connectivity index (χ3v) is 3.55. The SMILES string of the molecule is OC(Cc1ccc(Cl)cc1F)c1ccc(Cl)cc1Cl. The zero-order chi connectivity index (χ0) is 14.0. The molecule has 0 bridgehead atoms. The Bertz CT molecular complexity index is 601. The molecular formula is C14H10Cl3FO. The fraction of sp³-hybridized carbons (Fsp3) is 0.143. The average Bonchev–Trinajstić information content (AvgIpc) is 2.32. The van der Waals surface area contributed by atoms with Gasteiger partial charge in [0.25, 0.3) is 0 Å². The van der Waals surface area contributed by atoms with Crippen LogP contribution in [0.25, 0.3) is 0 Å². The van der Waals surface area contributed by atoms with E-state index < -0.39 is 11.9 Å². The highest BCUT2D eigenvalue weighted by Crippen LogP contribution is 2.29. The van der Waals surface area contributed by atoms with Crippen molar-refractivity contribution in [2.45, 2.75) is 12.5 Å². The Labute approximate surface area is 125 Å². The number of hydrogen-bond donors (Lipinski definition) is 1. The van der Waals surface area contributed by atoms with Crippen molar-refractivity contribution in [3.63, 3.8) is 0 Å². The number of hydrogen-bond acceptors (Lipinski definition) is 1. The smallest absolute Gasteiger partial charge is 0.127 e. The van der Waals surface area contributed by atoms with Crippen molar-refractivity contribution in [3.8, 4) is 0 Å². The highest BCUT2D eigenvalue weighted by atomic mass is 35.5. The molecule has 1 N–H and O–H groups in total. The van der Waals surface area contributed by atoms with E-state index in [1.165, 1.54) is 6.07 Å². The average molecular weight is 320 g/mol. The normalized spacial score (nSPS) is 12.5. The van der Waals surface area contributed by atoms with Crippen LogP contribution in [-0.4, -0.2) is 5.11 Å². The zero-order valence-electron chi connectivity index (χ0n) is 9.71. The first-order valence-electron chi connectivity index (χ1n) is 5.54. The predicted octanol–water partition coefficient (Wildman–Crippen LogP) is 5.06. The lowest BCUT2D eigenvalue weighted by Crippen LogP contribution is -2.04. The molecule has 0 heterocycles. The molecule has 2 rings (SSSR count). The molecule has 19 heavy (non-hydrogen) atoms. The summed E-state index contributed by atoms with van der Waals surface area (Å²) in [5.74, 6) is -0.448. The van der Waals surface area contributed by atoms with Gasteiger partial charge in [0.05, 0.1) is 6.10 Å². The summed E-state index contributed by atoms with van der Waals surface area (Å²) in [6.07, 6.45) is -0.787. The molecule has 0 amide bonds. The quantitative estimate of drug-likeness (QED) is 0.838. The Morgan fingerprint density at radius 3 is 2.26 bits per heavy atom. The van der Waals surface area contributed by atoms with E-state index in [-0.39, 0.29) is 6.42 Å². The van der Waals surface area contributed by atoms with Gasteiger partial charge in [-0.1, -0.05) is 46.9 Å². The molecule has 0 spiro atoms. The lowest BCUT2D eigenvalue weighted by Gasteiger charge is -2.13. The first-order valence-corrected chi connectivity index (χ1v) is 6.67. The van der Waals surface area contributed by atoms with Crippen LogP contribution in [0.4, 0.5) is 4.39 Å². The molecule has 0 saturated heterocycles. The van der Waals surface area contributed by atoms with Crippen molar-refractivity contribution in [3.05, 3.63) is 68.4 Å². The summed E-state index contributed by atoms with van der Waals surface area (Å²) in [4.78, 5) is 0. The Hall–Kier alpha value is -0.800. The predicted molar refractivity (Wildman–Crippen MR) is 76.5 cm³/mol. The largest absolute Gasteiger partial charge is 0.388 e. The highest BCUT2D eigenvalue weighted by Gasteiger charge is 2.15. The second kappa shape index (κ2) is 6.10. The van der Waals surface area contributed by atoms with E-state index in [2.05, 4.69) is 0 Å². The minimum absolute atomic E-state index is 0.115. The molecule has 5 heteroatoms. The van der Waals surface area contributed by atoms with Crippen LogP contribution in [0.3, 0.4) is 0 Å². The maximum atomic E-state index is 13.6. The zero-order valence-corrected chi connectivity index (χ0v) is 12.0. The van der Waals surface area contributed by atoms with Crippen LogP contribution in [0.1, 0.15) is 17.2 Å².